The normalized spacial score (nSPS) is 13.7. The molecule has 0 saturated carbocycles. The van der Waals surface area contributed by atoms with Gasteiger partial charge in [-0.15, -0.1) is 0 Å². The van der Waals surface area contributed by atoms with Gasteiger partial charge in [0.15, 0.2) is 0 Å². The van der Waals surface area contributed by atoms with E-state index in [0.29, 0.717) is 25.1 Å². The van der Waals surface area contributed by atoms with Crippen LogP contribution in [0.5, 0.6) is 0 Å². The number of nitrogens with zero attached hydrogens (tertiary/aromatic N) is 3. The molecule has 1 aliphatic rings. The van der Waals surface area contributed by atoms with E-state index in [9.17, 15) is 9.59 Å². The van der Waals surface area contributed by atoms with Gasteiger partial charge >= 0.3 is 0 Å². The van der Waals surface area contributed by atoms with Gasteiger partial charge in [-0.05, 0) is 18.6 Å². The van der Waals surface area contributed by atoms with Gasteiger partial charge in [0.05, 0.1) is 6.67 Å². The molecule has 0 aromatic heterocycles. The van der Waals surface area contributed by atoms with Crippen molar-refractivity contribution in [3.63, 3.8) is 0 Å². The molecule has 0 aliphatic carbocycles. The van der Waals surface area contributed by atoms with Gasteiger partial charge in [0, 0.05) is 38.1 Å². The highest BCUT2D eigenvalue weighted by atomic mass is 16.2. The zero-order valence-corrected chi connectivity index (χ0v) is 11.8. The molecule has 2 rings (SSSR count). The summed E-state index contributed by atoms with van der Waals surface area (Å²) < 4.78 is 0. The minimum absolute atomic E-state index is 0.241. The van der Waals surface area contributed by atoms with Crippen LogP contribution in [0, 0.1) is 6.92 Å². The number of benzene rings is 1. The van der Waals surface area contributed by atoms with E-state index in [2.05, 4.69) is 4.90 Å². The lowest BCUT2D eigenvalue weighted by atomic mass is 10.1. The smallest absolute Gasteiger partial charge is 0.260 e. The van der Waals surface area contributed by atoms with E-state index >= 15 is 0 Å². The molecule has 1 aromatic carbocycles. The number of rotatable bonds is 5. The molecular weight excluding hydrogens is 254 g/mol. The molecular formula is C15H19N3O2. The molecule has 106 valence electrons. The highest BCUT2D eigenvalue weighted by Gasteiger charge is 2.18. The van der Waals surface area contributed by atoms with E-state index in [-0.39, 0.29) is 5.91 Å². The van der Waals surface area contributed by atoms with Crippen molar-refractivity contribution < 1.29 is 9.59 Å². The van der Waals surface area contributed by atoms with E-state index in [0.717, 1.165) is 12.2 Å². The maximum absolute atomic E-state index is 12.3. The average Bonchev–Trinajstić information content (AvgIpc) is 2.85. The fraction of sp³-hybridized carbons (Fsp3) is 0.333. The van der Waals surface area contributed by atoms with Crippen molar-refractivity contribution in [2.45, 2.75) is 6.92 Å². The molecule has 20 heavy (non-hydrogen) atoms. The Morgan fingerprint density at radius 1 is 1.35 bits per heavy atom. The summed E-state index contributed by atoms with van der Waals surface area (Å²) >= 11 is 0. The van der Waals surface area contributed by atoms with Crippen molar-refractivity contribution in [1.29, 1.82) is 0 Å². The number of amides is 2. The third kappa shape index (κ3) is 3.17. The Morgan fingerprint density at radius 3 is 2.70 bits per heavy atom. The third-order valence-electron chi connectivity index (χ3n) is 3.33. The Balaban J connectivity index is 1.98. The SMILES string of the molecule is Cc1ccccc1C(=O)N(C=O)CCN1C=CN(C)C1. The predicted molar refractivity (Wildman–Crippen MR) is 76.8 cm³/mol. The van der Waals surface area contributed by atoms with E-state index in [1.54, 1.807) is 12.1 Å². The minimum atomic E-state index is -0.241. The molecule has 0 saturated heterocycles. The van der Waals surface area contributed by atoms with E-state index in [4.69, 9.17) is 0 Å². The summed E-state index contributed by atoms with van der Waals surface area (Å²) in [5.74, 6) is -0.241. The number of imide groups is 1. The summed E-state index contributed by atoms with van der Waals surface area (Å²) in [5.41, 5.74) is 1.46. The predicted octanol–water partition coefficient (Wildman–Crippen LogP) is 1.27. The summed E-state index contributed by atoms with van der Waals surface area (Å²) in [6, 6.07) is 7.30. The van der Waals surface area contributed by atoms with Gasteiger partial charge in [-0.25, -0.2) is 0 Å². The summed E-state index contributed by atoms with van der Waals surface area (Å²) in [4.78, 5) is 28.8. The first kappa shape index (κ1) is 14.1. The zero-order valence-electron chi connectivity index (χ0n) is 11.8. The number of hydrogen-bond donors (Lipinski definition) is 0. The van der Waals surface area contributed by atoms with Crippen LogP contribution in [0.4, 0.5) is 0 Å². The quantitative estimate of drug-likeness (QED) is 0.758. The Morgan fingerprint density at radius 2 is 2.10 bits per heavy atom. The van der Waals surface area contributed by atoms with Crippen molar-refractivity contribution in [2.24, 2.45) is 0 Å². The highest BCUT2D eigenvalue weighted by Crippen LogP contribution is 2.10. The number of aryl methyl sites for hydroxylation is 1. The fourth-order valence-corrected chi connectivity index (χ4v) is 2.14. The van der Waals surface area contributed by atoms with E-state index in [1.165, 1.54) is 4.90 Å². The summed E-state index contributed by atoms with van der Waals surface area (Å²) in [5, 5.41) is 0. The van der Waals surface area contributed by atoms with Crippen LogP contribution < -0.4 is 0 Å². The lowest BCUT2D eigenvalue weighted by Crippen LogP contribution is -2.37. The van der Waals surface area contributed by atoms with Gasteiger partial charge in [0.2, 0.25) is 6.41 Å². The molecule has 2 amide bonds. The lowest BCUT2D eigenvalue weighted by molar-refractivity contribution is -0.116. The fourth-order valence-electron chi connectivity index (χ4n) is 2.14. The molecule has 0 bridgehead atoms. The first-order chi connectivity index (χ1) is 9.61. The second kappa shape index (κ2) is 6.23. The summed E-state index contributed by atoms with van der Waals surface area (Å²) in [6.07, 6.45) is 4.54. The van der Waals surface area contributed by atoms with Crippen LogP contribution in [0.3, 0.4) is 0 Å². The average molecular weight is 273 g/mol. The van der Waals surface area contributed by atoms with Gasteiger partial charge in [0.1, 0.15) is 0 Å². The van der Waals surface area contributed by atoms with Crippen LogP contribution >= 0.6 is 0 Å². The van der Waals surface area contributed by atoms with Crippen LogP contribution in [-0.2, 0) is 4.79 Å². The number of carbonyl (C=O) groups is 2. The maximum atomic E-state index is 12.3. The molecule has 1 aliphatic heterocycles. The standard InChI is InChI=1S/C15H19N3O2/c1-13-5-3-4-6-14(13)15(20)18(12-19)10-9-17-8-7-16(2)11-17/h3-8,12H,9-11H2,1-2H3. The van der Waals surface area contributed by atoms with Crippen LogP contribution in [-0.4, -0.2) is 53.8 Å². The monoisotopic (exact) mass is 273 g/mol. The Bertz CT molecular complexity index is 528. The molecule has 0 spiro atoms. The van der Waals surface area contributed by atoms with Crippen LogP contribution in [0.15, 0.2) is 36.7 Å². The van der Waals surface area contributed by atoms with Crippen LogP contribution in [0.2, 0.25) is 0 Å². The van der Waals surface area contributed by atoms with Crippen LogP contribution in [0.1, 0.15) is 15.9 Å². The van der Waals surface area contributed by atoms with E-state index in [1.807, 2.05) is 43.4 Å². The molecule has 0 fully saturated rings. The zero-order chi connectivity index (χ0) is 14.5. The lowest BCUT2D eigenvalue weighted by Gasteiger charge is -2.22. The maximum Gasteiger partial charge on any atom is 0.260 e. The molecule has 1 aromatic rings. The van der Waals surface area contributed by atoms with E-state index < -0.39 is 0 Å². The third-order valence-corrected chi connectivity index (χ3v) is 3.33. The highest BCUT2D eigenvalue weighted by molar-refractivity contribution is 6.00. The van der Waals surface area contributed by atoms with Crippen LogP contribution in [0.25, 0.3) is 0 Å². The molecule has 0 radical (unpaired) electrons. The summed E-state index contributed by atoms with van der Waals surface area (Å²) in [7, 11) is 1.98. The van der Waals surface area contributed by atoms with Gasteiger partial charge < -0.3 is 9.80 Å². The first-order valence-electron chi connectivity index (χ1n) is 6.56. The van der Waals surface area contributed by atoms with Gasteiger partial charge in [-0.3, -0.25) is 14.5 Å². The Kier molecular flexibility index (Phi) is 4.40. The largest absolute Gasteiger partial charge is 0.362 e. The molecule has 0 unspecified atom stereocenters. The van der Waals surface area contributed by atoms with Crippen molar-refractivity contribution in [3.05, 3.63) is 47.8 Å². The molecule has 0 atom stereocenters. The van der Waals surface area contributed by atoms with Crippen molar-refractivity contribution >= 4 is 12.3 Å². The van der Waals surface area contributed by atoms with Crippen molar-refractivity contribution in [2.75, 3.05) is 26.8 Å². The molecule has 0 N–H and O–H groups in total. The molecule has 1 heterocycles. The first-order valence-corrected chi connectivity index (χ1v) is 6.56. The topological polar surface area (TPSA) is 43.9 Å². The van der Waals surface area contributed by atoms with Gasteiger partial charge in [-0.1, -0.05) is 18.2 Å². The minimum Gasteiger partial charge on any atom is -0.362 e. The second-order valence-electron chi connectivity index (χ2n) is 4.93. The summed E-state index contributed by atoms with van der Waals surface area (Å²) in [6.45, 7) is 3.67. The number of carbonyl (C=O) groups excluding carboxylic acids is 2. The number of hydrogen-bond acceptors (Lipinski definition) is 4. The Hall–Kier alpha value is -2.30. The Labute approximate surface area is 119 Å². The van der Waals surface area contributed by atoms with Crippen molar-refractivity contribution in [3.8, 4) is 0 Å². The second-order valence-corrected chi connectivity index (χ2v) is 4.93. The van der Waals surface area contributed by atoms with Crippen molar-refractivity contribution in [1.82, 2.24) is 14.7 Å². The van der Waals surface area contributed by atoms with Gasteiger partial charge in [0.25, 0.3) is 5.91 Å². The molecule has 5 nitrogen and oxygen atoms in total. The van der Waals surface area contributed by atoms with Gasteiger partial charge in [-0.2, -0.15) is 0 Å². The molecule has 5 heteroatoms.